The lowest BCUT2D eigenvalue weighted by atomic mass is 9.83. The smallest absolute Gasteiger partial charge is 0.293 e. The van der Waals surface area contributed by atoms with Crippen molar-refractivity contribution in [2.75, 3.05) is 19.6 Å². The molecule has 4 heterocycles. The molecule has 5 rings (SSSR count). The lowest BCUT2D eigenvalue weighted by Gasteiger charge is -2.42. The number of nitrogens with zero attached hydrogens (tertiary/aromatic N) is 3. The van der Waals surface area contributed by atoms with Crippen LogP contribution in [0.5, 0.6) is 0 Å². The average molecular weight is 450 g/mol. The number of fused-ring (bicyclic) bond motifs is 4. The normalized spacial score (nSPS) is 23.6. The van der Waals surface area contributed by atoms with Gasteiger partial charge in [-0.05, 0) is 41.8 Å². The Morgan fingerprint density at radius 2 is 1.81 bits per heavy atom. The number of amides is 3. The topological polar surface area (TPSA) is 79.7 Å². The van der Waals surface area contributed by atoms with Crippen LogP contribution in [0.4, 0.5) is 4.79 Å². The van der Waals surface area contributed by atoms with E-state index in [4.69, 9.17) is 0 Å². The Balaban J connectivity index is 1.23. The van der Waals surface area contributed by atoms with Gasteiger partial charge in [-0.15, -0.1) is 0 Å². The van der Waals surface area contributed by atoms with Crippen LogP contribution in [0, 0.1) is 5.92 Å². The maximum absolute atomic E-state index is 12.9. The largest absolute Gasteiger partial charge is 0.342 e. The summed E-state index contributed by atoms with van der Waals surface area (Å²) in [5, 5.41) is -0.339. The molecule has 0 aliphatic carbocycles. The van der Waals surface area contributed by atoms with Crippen LogP contribution in [-0.2, 0) is 16.1 Å². The molecule has 3 aliphatic rings. The Morgan fingerprint density at radius 3 is 2.62 bits per heavy atom. The molecule has 2 atom stereocenters. The third-order valence-corrected chi connectivity index (χ3v) is 7.26. The number of rotatable bonds is 4. The number of carbonyl (C=O) groups is 3. The van der Waals surface area contributed by atoms with Gasteiger partial charge < -0.3 is 9.47 Å². The number of piperidine rings is 1. The summed E-state index contributed by atoms with van der Waals surface area (Å²) in [5.74, 6) is -0.0133. The number of hydrogen-bond donors (Lipinski definition) is 0. The number of carbonyl (C=O) groups excluding carboxylic acids is 3. The number of thioether (sulfide) groups is 1. The van der Waals surface area contributed by atoms with Crippen molar-refractivity contribution in [3.8, 4) is 0 Å². The summed E-state index contributed by atoms with van der Waals surface area (Å²) in [6.45, 7) is 1.88. The van der Waals surface area contributed by atoms with E-state index >= 15 is 0 Å². The second kappa shape index (κ2) is 8.43. The van der Waals surface area contributed by atoms with Crippen LogP contribution in [0.3, 0.4) is 0 Å². The minimum Gasteiger partial charge on any atom is -0.342 e. The molecule has 1 aromatic heterocycles. The number of benzene rings is 1. The molecule has 0 spiro atoms. The van der Waals surface area contributed by atoms with E-state index in [9.17, 15) is 19.2 Å². The van der Waals surface area contributed by atoms with Gasteiger partial charge in [0.2, 0.25) is 5.91 Å². The molecule has 1 aromatic carbocycles. The second-order valence-corrected chi connectivity index (χ2v) is 9.48. The molecular formula is C24H23N3O4S. The van der Waals surface area contributed by atoms with Gasteiger partial charge in [0.25, 0.3) is 16.7 Å². The molecule has 0 radical (unpaired) electrons. The summed E-state index contributed by atoms with van der Waals surface area (Å²) in [6, 6.07) is 14.7. The molecule has 8 heteroatoms. The van der Waals surface area contributed by atoms with Gasteiger partial charge in [0.1, 0.15) is 0 Å². The summed E-state index contributed by atoms with van der Waals surface area (Å²) < 4.78 is 1.83. The van der Waals surface area contributed by atoms with Crippen molar-refractivity contribution in [2.45, 2.75) is 25.3 Å². The Hall–Kier alpha value is -3.13. The van der Waals surface area contributed by atoms with E-state index < -0.39 is 0 Å². The fourth-order valence-electron chi connectivity index (χ4n) is 4.86. The van der Waals surface area contributed by atoms with E-state index in [1.807, 2.05) is 45.9 Å². The van der Waals surface area contributed by atoms with Crippen molar-refractivity contribution in [1.82, 2.24) is 14.4 Å². The molecule has 0 saturated carbocycles. The van der Waals surface area contributed by atoms with Crippen LogP contribution in [0.25, 0.3) is 6.08 Å². The van der Waals surface area contributed by atoms with E-state index in [-0.39, 0.29) is 47.4 Å². The van der Waals surface area contributed by atoms with E-state index in [1.54, 1.807) is 18.2 Å². The van der Waals surface area contributed by atoms with E-state index in [1.165, 1.54) is 0 Å². The van der Waals surface area contributed by atoms with Gasteiger partial charge in [0.15, 0.2) is 0 Å². The molecule has 3 aliphatic heterocycles. The minimum absolute atomic E-state index is 0.0138. The number of hydrogen-bond acceptors (Lipinski definition) is 5. The number of pyridine rings is 1. The second-order valence-electron chi connectivity index (χ2n) is 8.49. The highest BCUT2D eigenvalue weighted by molar-refractivity contribution is 8.18. The summed E-state index contributed by atoms with van der Waals surface area (Å²) in [4.78, 5) is 53.6. The predicted molar refractivity (Wildman–Crippen MR) is 122 cm³/mol. The Kier molecular flexibility index (Phi) is 5.46. The zero-order valence-electron chi connectivity index (χ0n) is 17.5. The van der Waals surface area contributed by atoms with Gasteiger partial charge in [0, 0.05) is 50.3 Å². The maximum atomic E-state index is 12.9. The molecule has 2 fully saturated rings. The highest BCUT2D eigenvalue weighted by Gasteiger charge is 2.38. The van der Waals surface area contributed by atoms with Crippen molar-refractivity contribution in [1.29, 1.82) is 0 Å². The first-order valence-corrected chi connectivity index (χ1v) is 11.6. The van der Waals surface area contributed by atoms with Crippen LogP contribution < -0.4 is 5.56 Å². The zero-order chi connectivity index (χ0) is 22.2. The monoisotopic (exact) mass is 449 g/mol. The first-order chi connectivity index (χ1) is 15.5. The predicted octanol–water partition coefficient (Wildman–Crippen LogP) is 2.92. The molecule has 0 N–H and O–H groups in total. The highest BCUT2D eigenvalue weighted by Crippen LogP contribution is 2.36. The molecule has 2 bridgehead atoms. The van der Waals surface area contributed by atoms with Crippen molar-refractivity contribution >= 4 is 34.9 Å². The van der Waals surface area contributed by atoms with Gasteiger partial charge in [-0.3, -0.25) is 24.1 Å². The number of imide groups is 1. The molecule has 7 nitrogen and oxygen atoms in total. The van der Waals surface area contributed by atoms with Gasteiger partial charge >= 0.3 is 0 Å². The molecule has 164 valence electrons. The SMILES string of the molecule is O=C(CCN1C(=O)S/C(=C\c2ccccc2)C1=O)N1C[C@H]2C[C@H](C1)c1cccc(=O)n1C2. The molecule has 3 amide bonds. The Bertz CT molecular complexity index is 1170. The summed E-state index contributed by atoms with van der Waals surface area (Å²) >= 11 is 0.912. The van der Waals surface area contributed by atoms with E-state index in [0.29, 0.717) is 24.5 Å². The molecule has 32 heavy (non-hydrogen) atoms. The number of aromatic nitrogens is 1. The molecule has 2 aromatic rings. The Labute approximate surface area is 189 Å². The zero-order valence-corrected chi connectivity index (χ0v) is 18.3. The fraction of sp³-hybridized carbons (Fsp3) is 0.333. The van der Waals surface area contributed by atoms with Crippen molar-refractivity contribution < 1.29 is 14.4 Å². The van der Waals surface area contributed by atoms with Crippen molar-refractivity contribution in [2.24, 2.45) is 5.92 Å². The fourth-order valence-corrected chi connectivity index (χ4v) is 5.72. The molecular weight excluding hydrogens is 426 g/mol. The first-order valence-electron chi connectivity index (χ1n) is 10.8. The highest BCUT2D eigenvalue weighted by atomic mass is 32.2. The van der Waals surface area contributed by atoms with Crippen molar-refractivity contribution in [3.05, 3.63) is 75.0 Å². The molecule has 0 unspecified atom stereocenters. The van der Waals surface area contributed by atoms with Gasteiger partial charge in [0.05, 0.1) is 4.91 Å². The third kappa shape index (κ3) is 3.90. The quantitative estimate of drug-likeness (QED) is 0.671. The van der Waals surface area contributed by atoms with Crippen molar-refractivity contribution in [3.63, 3.8) is 0 Å². The van der Waals surface area contributed by atoms with Gasteiger partial charge in [-0.1, -0.05) is 36.4 Å². The summed E-state index contributed by atoms with van der Waals surface area (Å²) in [7, 11) is 0. The van der Waals surface area contributed by atoms with Crippen LogP contribution in [0.1, 0.15) is 30.0 Å². The molecule has 2 saturated heterocycles. The van der Waals surface area contributed by atoms with Crippen LogP contribution in [0.2, 0.25) is 0 Å². The van der Waals surface area contributed by atoms with Gasteiger partial charge in [-0.2, -0.15) is 0 Å². The summed E-state index contributed by atoms with van der Waals surface area (Å²) in [6.07, 6.45) is 2.79. The van der Waals surface area contributed by atoms with Crippen LogP contribution >= 0.6 is 11.8 Å². The lowest BCUT2D eigenvalue weighted by molar-refractivity contribution is -0.134. The van der Waals surface area contributed by atoms with Crippen LogP contribution in [-0.4, -0.2) is 51.1 Å². The first kappa shape index (κ1) is 20.8. The third-order valence-electron chi connectivity index (χ3n) is 6.35. The lowest BCUT2D eigenvalue weighted by Crippen LogP contribution is -2.49. The summed E-state index contributed by atoms with van der Waals surface area (Å²) in [5.41, 5.74) is 1.86. The number of likely N-dealkylation sites (tertiary alicyclic amines) is 1. The average Bonchev–Trinajstić information content (AvgIpc) is 3.05. The Morgan fingerprint density at radius 1 is 1.00 bits per heavy atom. The standard InChI is InChI=1S/C24H23N3O4S/c28-21(25-13-17-11-18(15-25)19-7-4-8-22(29)27(19)14-17)9-10-26-23(30)20(32-24(26)31)12-16-5-2-1-3-6-16/h1-8,12,17-18H,9-11,13-15H2/b20-12-/t17-,18-/m1/s1. The van der Waals surface area contributed by atoms with Gasteiger partial charge in [-0.25, -0.2) is 0 Å². The van der Waals surface area contributed by atoms with E-state index in [0.717, 1.165) is 34.3 Å². The maximum Gasteiger partial charge on any atom is 0.293 e. The van der Waals surface area contributed by atoms with Crippen LogP contribution in [0.15, 0.2) is 58.2 Å². The van der Waals surface area contributed by atoms with E-state index in [2.05, 4.69) is 0 Å². The minimum atomic E-state index is -0.347.